The van der Waals surface area contributed by atoms with Crippen LogP contribution in [0.2, 0.25) is 0 Å². The molecule has 0 aliphatic carbocycles. The Morgan fingerprint density at radius 2 is 2.12 bits per heavy atom. The zero-order valence-electron chi connectivity index (χ0n) is 5.60. The Hall–Kier alpha value is -0.660. The molecule has 8 heavy (non-hydrogen) atoms. The van der Waals surface area contributed by atoms with E-state index in [9.17, 15) is 0 Å². The van der Waals surface area contributed by atoms with E-state index < -0.39 is 0 Å². The molecule has 0 unspecified atom stereocenters. The lowest BCUT2D eigenvalue weighted by molar-refractivity contribution is 0.730. The monoisotopic (exact) mass is 112 g/mol. The number of nitrogens with zero attached hydrogens (tertiary/aromatic N) is 1. The van der Waals surface area contributed by atoms with E-state index in [0.717, 1.165) is 5.70 Å². The predicted molar refractivity (Wildman–Crippen MR) is 33.7 cm³/mol. The smallest absolute Gasteiger partial charge is 0.0606 e. The largest absolute Gasteiger partial charge is 0.205 e. The van der Waals surface area contributed by atoms with Gasteiger partial charge in [0.1, 0.15) is 0 Å². The van der Waals surface area contributed by atoms with Crippen molar-refractivity contribution in [1.82, 2.24) is 0 Å². The summed E-state index contributed by atoms with van der Waals surface area (Å²) in [5.74, 6) is 0.387. The van der Waals surface area contributed by atoms with E-state index in [1.807, 2.05) is 26.8 Å². The summed E-state index contributed by atoms with van der Waals surface area (Å²) in [4.78, 5) is 0. The average molecular weight is 112 g/mol. The summed E-state index contributed by atoms with van der Waals surface area (Å²) in [6, 6.07) is 0. The molecular formula is C6H12N2. The first kappa shape index (κ1) is 7.34. The number of hydrogen-bond donors (Lipinski definition) is 1. The number of rotatable bonds is 2. The normalized spacial score (nSPS) is 12.2. The van der Waals surface area contributed by atoms with Crippen molar-refractivity contribution in [2.24, 2.45) is 11.0 Å². The lowest BCUT2D eigenvalue weighted by Gasteiger charge is -1.99. The van der Waals surface area contributed by atoms with E-state index in [0.29, 0.717) is 5.92 Å². The molecule has 0 saturated carbocycles. The summed E-state index contributed by atoms with van der Waals surface area (Å²) in [6.45, 7) is 5.94. The van der Waals surface area contributed by atoms with Gasteiger partial charge in [0, 0.05) is 0 Å². The Kier molecular flexibility index (Phi) is 3.08. The van der Waals surface area contributed by atoms with Crippen LogP contribution >= 0.6 is 0 Å². The maximum Gasteiger partial charge on any atom is 0.0606 e. The zero-order valence-corrected chi connectivity index (χ0v) is 5.60. The zero-order chi connectivity index (χ0) is 6.57. The highest BCUT2D eigenvalue weighted by molar-refractivity contribution is 4.98. The second kappa shape index (κ2) is 3.36. The molecule has 0 atom stereocenters. The van der Waals surface area contributed by atoms with Crippen LogP contribution in [0.4, 0.5) is 0 Å². The standard InChI is InChI=1S/C6H12N2/c1-4-6(8-7)5(2)3/h4-5,7H,1-3H3/b6-4-,8-7?. The SMILES string of the molecule is C/C=C(\N=N)C(C)C. The highest BCUT2D eigenvalue weighted by Crippen LogP contribution is 2.08. The van der Waals surface area contributed by atoms with Gasteiger partial charge in [-0.2, -0.15) is 5.11 Å². The summed E-state index contributed by atoms with van der Waals surface area (Å²) in [5.41, 5.74) is 7.50. The first-order chi connectivity index (χ1) is 3.72. The number of allylic oxidation sites excluding steroid dienone is 2. The Balaban J connectivity index is 3.91. The van der Waals surface area contributed by atoms with Gasteiger partial charge in [-0.3, -0.25) is 0 Å². The van der Waals surface area contributed by atoms with Crippen LogP contribution in [0.1, 0.15) is 20.8 Å². The second-order valence-electron chi connectivity index (χ2n) is 1.98. The Morgan fingerprint density at radius 1 is 1.62 bits per heavy atom. The van der Waals surface area contributed by atoms with Crippen LogP contribution < -0.4 is 0 Å². The van der Waals surface area contributed by atoms with E-state index in [2.05, 4.69) is 5.11 Å². The topological polar surface area (TPSA) is 36.2 Å². The van der Waals surface area contributed by atoms with Gasteiger partial charge in [0.25, 0.3) is 0 Å². The first-order valence-electron chi connectivity index (χ1n) is 2.76. The van der Waals surface area contributed by atoms with Gasteiger partial charge in [-0.25, -0.2) is 5.53 Å². The van der Waals surface area contributed by atoms with Gasteiger partial charge in [0.2, 0.25) is 0 Å². The molecule has 0 aromatic carbocycles. The van der Waals surface area contributed by atoms with Crippen LogP contribution in [-0.4, -0.2) is 0 Å². The van der Waals surface area contributed by atoms with Crippen LogP contribution in [0.15, 0.2) is 16.9 Å². The molecule has 0 bridgehead atoms. The van der Waals surface area contributed by atoms with Crippen molar-refractivity contribution < 1.29 is 0 Å². The maximum atomic E-state index is 6.65. The highest BCUT2D eigenvalue weighted by atomic mass is 15.0. The molecule has 0 aromatic heterocycles. The minimum atomic E-state index is 0.387. The molecule has 0 heterocycles. The summed E-state index contributed by atoms with van der Waals surface area (Å²) in [5, 5.41) is 3.32. The van der Waals surface area contributed by atoms with Crippen LogP contribution in [0, 0.1) is 11.4 Å². The summed E-state index contributed by atoms with van der Waals surface area (Å²) >= 11 is 0. The van der Waals surface area contributed by atoms with Gasteiger partial charge in [-0.15, -0.1) is 0 Å². The quantitative estimate of drug-likeness (QED) is 0.533. The van der Waals surface area contributed by atoms with Crippen molar-refractivity contribution in [2.45, 2.75) is 20.8 Å². The minimum Gasteiger partial charge on any atom is -0.205 e. The van der Waals surface area contributed by atoms with Crippen LogP contribution in [0.25, 0.3) is 0 Å². The molecule has 0 rings (SSSR count). The lowest BCUT2D eigenvalue weighted by Crippen LogP contribution is -1.87. The van der Waals surface area contributed by atoms with Gasteiger partial charge in [-0.05, 0) is 12.8 Å². The van der Waals surface area contributed by atoms with Crippen LogP contribution in [0.3, 0.4) is 0 Å². The van der Waals surface area contributed by atoms with E-state index in [-0.39, 0.29) is 0 Å². The van der Waals surface area contributed by atoms with Crippen molar-refractivity contribution in [3.63, 3.8) is 0 Å². The van der Waals surface area contributed by atoms with Crippen molar-refractivity contribution in [3.8, 4) is 0 Å². The fraction of sp³-hybridized carbons (Fsp3) is 0.667. The van der Waals surface area contributed by atoms with Crippen LogP contribution in [-0.2, 0) is 0 Å². The second-order valence-corrected chi connectivity index (χ2v) is 1.98. The first-order valence-corrected chi connectivity index (χ1v) is 2.76. The summed E-state index contributed by atoms with van der Waals surface area (Å²) < 4.78 is 0. The minimum absolute atomic E-state index is 0.387. The van der Waals surface area contributed by atoms with Crippen molar-refractivity contribution in [2.75, 3.05) is 0 Å². The van der Waals surface area contributed by atoms with Gasteiger partial charge in [0.05, 0.1) is 5.70 Å². The lowest BCUT2D eigenvalue weighted by atomic mass is 10.1. The molecule has 0 aliphatic heterocycles. The Bertz CT molecular complexity index is 103. The molecule has 46 valence electrons. The fourth-order valence-electron chi connectivity index (χ4n) is 0.527. The molecule has 0 radical (unpaired) electrons. The van der Waals surface area contributed by atoms with Gasteiger partial charge in [-0.1, -0.05) is 19.9 Å². The molecule has 2 nitrogen and oxygen atoms in total. The van der Waals surface area contributed by atoms with E-state index >= 15 is 0 Å². The van der Waals surface area contributed by atoms with Crippen LogP contribution in [0.5, 0.6) is 0 Å². The van der Waals surface area contributed by atoms with E-state index in [4.69, 9.17) is 5.53 Å². The third-order valence-electron chi connectivity index (χ3n) is 1.02. The predicted octanol–water partition coefficient (Wildman–Crippen LogP) is 2.58. The molecule has 0 amide bonds. The third-order valence-corrected chi connectivity index (χ3v) is 1.02. The van der Waals surface area contributed by atoms with Crippen molar-refractivity contribution in [1.29, 1.82) is 5.53 Å². The average Bonchev–Trinajstić information content (AvgIpc) is 1.69. The highest BCUT2D eigenvalue weighted by Gasteiger charge is 1.96. The Morgan fingerprint density at radius 3 is 2.12 bits per heavy atom. The van der Waals surface area contributed by atoms with Gasteiger partial charge in [0.15, 0.2) is 0 Å². The molecular weight excluding hydrogens is 100 g/mol. The molecule has 0 fully saturated rings. The van der Waals surface area contributed by atoms with Crippen molar-refractivity contribution in [3.05, 3.63) is 11.8 Å². The van der Waals surface area contributed by atoms with Crippen molar-refractivity contribution >= 4 is 0 Å². The van der Waals surface area contributed by atoms with E-state index in [1.165, 1.54) is 0 Å². The molecule has 1 N–H and O–H groups in total. The summed E-state index contributed by atoms with van der Waals surface area (Å²) in [6.07, 6.45) is 1.86. The Labute approximate surface area is 50.1 Å². The molecule has 0 aromatic rings. The number of hydrogen-bond acceptors (Lipinski definition) is 2. The van der Waals surface area contributed by atoms with E-state index in [1.54, 1.807) is 0 Å². The molecule has 0 saturated heterocycles. The summed E-state index contributed by atoms with van der Waals surface area (Å²) in [7, 11) is 0. The van der Waals surface area contributed by atoms with Gasteiger partial charge < -0.3 is 0 Å². The number of nitrogens with one attached hydrogen (secondary N) is 1. The maximum absolute atomic E-state index is 6.65. The molecule has 2 heteroatoms. The van der Waals surface area contributed by atoms with Gasteiger partial charge >= 0.3 is 0 Å². The molecule has 0 aliphatic rings. The third kappa shape index (κ3) is 1.87. The fourth-order valence-corrected chi connectivity index (χ4v) is 0.527. The molecule has 0 spiro atoms.